The fraction of sp³-hybridized carbons (Fsp3) is 0.650. The normalized spacial score (nSPS) is 22.6. The lowest BCUT2D eigenvalue weighted by Crippen LogP contribution is -2.40. The molecule has 0 unspecified atom stereocenters. The summed E-state index contributed by atoms with van der Waals surface area (Å²) < 4.78 is 0. The van der Waals surface area contributed by atoms with E-state index >= 15 is 0 Å². The van der Waals surface area contributed by atoms with E-state index in [9.17, 15) is 4.79 Å². The molecule has 3 nitrogen and oxygen atoms in total. The fourth-order valence-corrected chi connectivity index (χ4v) is 4.71. The summed E-state index contributed by atoms with van der Waals surface area (Å²) in [5.74, 6) is 1.72. The first kappa shape index (κ1) is 20.6. The first-order valence-electron chi connectivity index (χ1n) is 9.40. The van der Waals surface area contributed by atoms with Crippen LogP contribution in [0.25, 0.3) is 0 Å². The second kappa shape index (κ2) is 10.4. The molecule has 0 radical (unpaired) electrons. The molecule has 0 saturated carbocycles. The van der Waals surface area contributed by atoms with E-state index in [0.717, 1.165) is 47.7 Å². The molecule has 140 valence electrons. The number of hydrogen-bond donors (Lipinski definition) is 1. The third-order valence-corrected chi connectivity index (χ3v) is 6.28. The summed E-state index contributed by atoms with van der Waals surface area (Å²) in [4.78, 5) is 16.1. The first-order chi connectivity index (χ1) is 12.0. The second-order valence-corrected chi connectivity index (χ2v) is 9.03. The van der Waals surface area contributed by atoms with E-state index in [1.54, 1.807) is 11.8 Å². The first-order valence-corrected chi connectivity index (χ1v) is 10.7. The van der Waals surface area contributed by atoms with Crippen LogP contribution in [0.5, 0.6) is 0 Å². The van der Waals surface area contributed by atoms with Gasteiger partial charge in [-0.15, -0.1) is 11.8 Å². The number of piperidine rings is 1. The largest absolute Gasteiger partial charge is 0.355 e. The monoisotopic (exact) mass is 382 g/mol. The van der Waals surface area contributed by atoms with E-state index in [-0.39, 0.29) is 11.2 Å². The third-order valence-electron chi connectivity index (χ3n) is 4.65. The highest BCUT2D eigenvalue weighted by atomic mass is 35.5. The van der Waals surface area contributed by atoms with Crippen molar-refractivity contribution >= 4 is 29.3 Å². The maximum atomic E-state index is 12.4. The molecule has 1 aliphatic heterocycles. The Morgan fingerprint density at radius 1 is 1.28 bits per heavy atom. The highest BCUT2D eigenvalue weighted by Gasteiger charge is 2.21. The van der Waals surface area contributed by atoms with Crippen molar-refractivity contribution in [2.24, 2.45) is 11.8 Å². The maximum Gasteiger partial charge on any atom is 0.233 e. The molecule has 1 fully saturated rings. The molecule has 0 aromatic heterocycles. The smallest absolute Gasteiger partial charge is 0.233 e. The lowest BCUT2D eigenvalue weighted by molar-refractivity contribution is -0.120. The molecule has 25 heavy (non-hydrogen) atoms. The SMILES string of the molecule is CC[C@H](Sc1ccc(Cl)cc1)C(=O)NCCCN1C[C@H](C)C[C@H](C)C1. The van der Waals surface area contributed by atoms with Gasteiger partial charge in [-0.05, 0) is 61.9 Å². The Bertz CT molecular complexity index is 527. The summed E-state index contributed by atoms with van der Waals surface area (Å²) in [6.45, 7) is 11.0. The number of amides is 1. The Morgan fingerprint density at radius 2 is 1.92 bits per heavy atom. The number of benzene rings is 1. The lowest BCUT2D eigenvalue weighted by atomic mass is 9.92. The highest BCUT2D eigenvalue weighted by molar-refractivity contribution is 8.00. The van der Waals surface area contributed by atoms with Crippen LogP contribution in [0, 0.1) is 11.8 Å². The van der Waals surface area contributed by atoms with Crippen LogP contribution in [0.15, 0.2) is 29.2 Å². The van der Waals surface area contributed by atoms with E-state index < -0.39 is 0 Å². The molecule has 1 N–H and O–H groups in total. The van der Waals surface area contributed by atoms with E-state index in [2.05, 4.69) is 31.0 Å². The Hall–Kier alpha value is -0.710. The molecule has 0 aliphatic carbocycles. The van der Waals surface area contributed by atoms with Crippen LogP contribution < -0.4 is 5.32 Å². The van der Waals surface area contributed by atoms with Gasteiger partial charge in [0.05, 0.1) is 5.25 Å². The highest BCUT2D eigenvalue weighted by Crippen LogP contribution is 2.26. The van der Waals surface area contributed by atoms with E-state index in [4.69, 9.17) is 11.6 Å². The minimum atomic E-state index is -0.0452. The van der Waals surface area contributed by atoms with Crippen LogP contribution in [0.2, 0.25) is 5.02 Å². The number of hydrogen-bond acceptors (Lipinski definition) is 3. The van der Waals surface area contributed by atoms with Gasteiger partial charge in [0.15, 0.2) is 0 Å². The van der Waals surface area contributed by atoms with Gasteiger partial charge >= 0.3 is 0 Å². The summed E-state index contributed by atoms with van der Waals surface area (Å²) in [6.07, 6.45) is 3.18. The Balaban J connectivity index is 1.70. The summed E-state index contributed by atoms with van der Waals surface area (Å²) in [7, 11) is 0. The molecule has 1 amide bonds. The fourth-order valence-electron chi connectivity index (χ4n) is 3.60. The molecular formula is C20H31ClN2OS. The van der Waals surface area contributed by atoms with Crippen molar-refractivity contribution in [2.45, 2.75) is 50.2 Å². The zero-order chi connectivity index (χ0) is 18.2. The van der Waals surface area contributed by atoms with Crippen molar-refractivity contribution in [3.8, 4) is 0 Å². The quantitative estimate of drug-likeness (QED) is 0.522. The lowest BCUT2D eigenvalue weighted by Gasteiger charge is -2.35. The minimum absolute atomic E-state index is 0.0452. The minimum Gasteiger partial charge on any atom is -0.355 e. The van der Waals surface area contributed by atoms with Gasteiger partial charge in [0.1, 0.15) is 0 Å². The molecule has 0 spiro atoms. The van der Waals surface area contributed by atoms with Gasteiger partial charge in [-0.1, -0.05) is 32.4 Å². The van der Waals surface area contributed by atoms with E-state index in [1.165, 1.54) is 19.5 Å². The summed E-state index contributed by atoms with van der Waals surface area (Å²) in [5, 5.41) is 3.79. The van der Waals surface area contributed by atoms with Crippen molar-refractivity contribution < 1.29 is 4.79 Å². The standard InChI is InChI=1S/C20H31ClN2OS/c1-4-19(25-18-8-6-17(21)7-9-18)20(24)22-10-5-11-23-13-15(2)12-16(3)14-23/h6-9,15-16,19H,4-5,10-14H2,1-3H3,(H,22,24)/t15-,16+,19-/m0/s1. The van der Waals surface area contributed by atoms with Gasteiger partial charge < -0.3 is 10.2 Å². The molecule has 1 heterocycles. The van der Waals surface area contributed by atoms with Gasteiger partial charge in [-0.25, -0.2) is 0 Å². The van der Waals surface area contributed by atoms with Crippen molar-refractivity contribution in [3.63, 3.8) is 0 Å². The number of rotatable bonds is 8. The summed E-state index contributed by atoms with van der Waals surface area (Å²) in [5.41, 5.74) is 0. The van der Waals surface area contributed by atoms with Gasteiger partial charge in [0.2, 0.25) is 5.91 Å². The van der Waals surface area contributed by atoms with Crippen molar-refractivity contribution in [1.82, 2.24) is 10.2 Å². The average molecular weight is 383 g/mol. The van der Waals surface area contributed by atoms with Gasteiger partial charge in [-0.2, -0.15) is 0 Å². The van der Waals surface area contributed by atoms with E-state index in [0.29, 0.717) is 0 Å². The molecule has 2 rings (SSSR count). The van der Waals surface area contributed by atoms with Crippen LogP contribution in [-0.4, -0.2) is 42.2 Å². The van der Waals surface area contributed by atoms with Crippen LogP contribution in [-0.2, 0) is 4.79 Å². The molecule has 1 aromatic carbocycles. The van der Waals surface area contributed by atoms with Crippen LogP contribution in [0.4, 0.5) is 0 Å². The van der Waals surface area contributed by atoms with Crippen LogP contribution in [0.1, 0.15) is 40.0 Å². The number of likely N-dealkylation sites (tertiary alicyclic amines) is 1. The predicted octanol–water partition coefficient (Wildman–Crippen LogP) is 4.69. The number of nitrogens with one attached hydrogen (secondary N) is 1. The number of halogens is 1. The van der Waals surface area contributed by atoms with Gasteiger partial charge in [0, 0.05) is 29.6 Å². The number of thioether (sulfide) groups is 1. The molecule has 5 heteroatoms. The molecule has 3 atom stereocenters. The van der Waals surface area contributed by atoms with Gasteiger partial charge in [0.25, 0.3) is 0 Å². The van der Waals surface area contributed by atoms with Crippen LogP contribution in [0.3, 0.4) is 0 Å². The maximum absolute atomic E-state index is 12.4. The van der Waals surface area contributed by atoms with E-state index in [1.807, 2.05) is 24.3 Å². The van der Waals surface area contributed by atoms with Crippen molar-refractivity contribution in [1.29, 1.82) is 0 Å². The molecule has 0 bridgehead atoms. The topological polar surface area (TPSA) is 32.3 Å². The molecule has 1 saturated heterocycles. The second-order valence-electron chi connectivity index (χ2n) is 7.32. The van der Waals surface area contributed by atoms with Crippen molar-refractivity contribution in [2.75, 3.05) is 26.2 Å². The summed E-state index contributed by atoms with van der Waals surface area (Å²) >= 11 is 7.53. The van der Waals surface area contributed by atoms with Crippen molar-refractivity contribution in [3.05, 3.63) is 29.3 Å². The molecule has 1 aromatic rings. The zero-order valence-corrected chi connectivity index (χ0v) is 17.2. The Kier molecular flexibility index (Phi) is 8.60. The third kappa shape index (κ3) is 7.20. The van der Waals surface area contributed by atoms with Crippen LogP contribution >= 0.6 is 23.4 Å². The molecule has 1 aliphatic rings. The Morgan fingerprint density at radius 3 is 2.52 bits per heavy atom. The zero-order valence-electron chi connectivity index (χ0n) is 15.6. The molecular weight excluding hydrogens is 352 g/mol. The Labute approximate surface area is 161 Å². The number of nitrogens with zero attached hydrogens (tertiary/aromatic N) is 1. The number of carbonyl (C=O) groups excluding carboxylic acids is 1. The number of carbonyl (C=O) groups is 1. The average Bonchev–Trinajstić information content (AvgIpc) is 2.57. The summed E-state index contributed by atoms with van der Waals surface area (Å²) in [6, 6.07) is 7.69. The predicted molar refractivity (Wildman–Crippen MR) is 108 cm³/mol. The van der Waals surface area contributed by atoms with Gasteiger partial charge in [-0.3, -0.25) is 4.79 Å².